The van der Waals surface area contributed by atoms with Gasteiger partial charge in [0.2, 0.25) is 5.78 Å². The molecule has 0 aliphatic carbocycles. The van der Waals surface area contributed by atoms with E-state index >= 15 is 0 Å². The van der Waals surface area contributed by atoms with Crippen molar-refractivity contribution in [1.29, 1.82) is 0 Å². The van der Waals surface area contributed by atoms with Crippen LogP contribution in [0, 0.1) is 0 Å². The van der Waals surface area contributed by atoms with Crippen molar-refractivity contribution in [3.63, 3.8) is 0 Å². The monoisotopic (exact) mass is 347 g/mol. The van der Waals surface area contributed by atoms with Crippen molar-refractivity contribution in [2.75, 3.05) is 19.4 Å². The zero-order chi connectivity index (χ0) is 17.5. The van der Waals surface area contributed by atoms with Crippen LogP contribution in [0.15, 0.2) is 52.0 Å². The number of thioether (sulfide) groups is 1. The summed E-state index contributed by atoms with van der Waals surface area (Å²) in [5.41, 5.74) is 0.726. The lowest BCUT2D eigenvalue weighted by molar-refractivity contribution is 0.0685. The standard InChI is InChI=1S/C18H21NO4S/c1-4-19(18(21)22-5-2)16(17(20)15-7-6-12-23-15)13-8-10-14(24-3)11-9-13/h6-12,16H,4-5H2,1-3H3. The smallest absolute Gasteiger partial charge is 0.410 e. The third-order valence-electron chi connectivity index (χ3n) is 3.60. The number of rotatable bonds is 7. The van der Waals surface area contributed by atoms with Crippen molar-refractivity contribution >= 4 is 23.6 Å². The average molecular weight is 347 g/mol. The molecule has 0 aliphatic rings. The van der Waals surface area contributed by atoms with Gasteiger partial charge >= 0.3 is 6.09 Å². The third-order valence-corrected chi connectivity index (χ3v) is 4.34. The van der Waals surface area contributed by atoms with Crippen LogP contribution in [-0.2, 0) is 4.74 Å². The van der Waals surface area contributed by atoms with Crippen LogP contribution in [0.3, 0.4) is 0 Å². The SMILES string of the molecule is CCOC(=O)N(CC)C(C(=O)c1ccco1)c1ccc(SC)cc1. The van der Waals surface area contributed by atoms with E-state index in [1.165, 1.54) is 11.2 Å². The summed E-state index contributed by atoms with van der Waals surface area (Å²) in [6.07, 6.45) is 2.91. The van der Waals surface area contributed by atoms with Gasteiger partial charge in [0.1, 0.15) is 6.04 Å². The van der Waals surface area contributed by atoms with Crippen LogP contribution in [0.5, 0.6) is 0 Å². The molecule has 1 unspecified atom stereocenters. The van der Waals surface area contributed by atoms with Gasteiger partial charge < -0.3 is 9.15 Å². The molecule has 0 radical (unpaired) electrons. The number of likely N-dealkylation sites (N-methyl/N-ethyl adjacent to an activating group) is 1. The van der Waals surface area contributed by atoms with E-state index in [2.05, 4.69) is 0 Å². The minimum Gasteiger partial charge on any atom is -0.461 e. The van der Waals surface area contributed by atoms with E-state index in [9.17, 15) is 9.59 Å². The number of amides is 1. The molecular formula is C18H21NO4S. The first-order valence-corrected chi connectivity index (χ1v) is 8.99. The first-order chi connectivity index (χ1) is 11.6. The second-order valence-corrected chi connectivity index (χ2v) is 5.88. The number of carbonyl (C=O) groups excluding carboxylic acids is 2. The van der Waals surface area contributed by atoms with Gasteiger partial charge in [-0.25, -0.2) is 4.79 Å². The van der Waals surface area contributed by atoms with Gasteiger partial charge in [0.15, 0.2) is 5.76 Å². The maximum absolute atomic E-state index is 12.9. The number of furan rings is 1. The van der Waals surface area contributed by atoms with E-state index in [0.29, 0.717) is 6.54 Å². The molecule has 0 fully saturated rings. The maximum Gasteiger partial charge on any atom is 0.410 e. The number of ketones is 1. The molecule has 2 aromatic rings. The van der Waals surface area contributed by atoms with Gasteiger partial charge in [-0.05, 0) is 49.9 Å². The molecule has 0 saturated carbocycles. The molecule has 5 nitrogen and oxygen atoms in total. The molecule has 24 heavy (non-hydrogen) atoms. The summed E-state index contributed by atoms with van der Waals surface area (Å²) >= 11 is 1.62. The van der Waals surface area contributed by atoms with Crippen molar-refractivity contribution < 1.29 is 18.7 Å². The van der Waals surface area contributed by atoms with Crippen LogP contribution in [0.4, 0.5) is 4.79 Å². The molecular weight excluding hydrogens is 326 g/mol. The maximum atomic E-state index is 12.9. The van der Waals surface area contributed by atoms with Gasteiger partial charge in [-0.15, -0.1) is 11.8 Å². The summed E-state index contributed by atoms with van der Waals surface area (Å²) in [6, 6.07) is 10.1. The lowest BCUT2D eigenvalue weighted by atomic mass is 9.99. The predicted octanol–water partition coefficient (Wildman–Crippen LogP) is 4.40. The fourth-order valence-corrected chi connectivity index (χ4v) is 2.84. The number of Topliss-reactive ketones (excluding diaryl/α,β-unsaturated/α-hetero) is 1. The van der Waals surface area contributed by atoms with Gasteiger partial charge in [-0.1, -0.05) is 12.1 Å². The topological polar surface area (TPSA) is 59.8 Å². The Morgan fingerprint density at radius 2 is 1.92 bits per heavy atom. The number of carbonyl (C=O) groups is 2. The number of ether oxygens (including phenoxy) is 1. The number of hydrogen-bond acceptors (Lipinski definition) is 5. The van der Waals surface area contributed by atoms with Crippen LogP contribution >= 0.6 is 11.8 Å². The minimum atomic E-state index is -0.781. The Kier molecular flexibility index (Phi) is 6.49. The van der Waals surface area contributed by atoms with Crippen LogP contribution in [0.1, 0.15) is 36.0 Å². The Hall–Kier alpha value is -2.21. The predicted molar refractivity (Wildman–Crippen MR) is 93.4 cm³/mol. The molecule has 1 amide bonds. The third kappa shape index (κ3) is 4.00. The normalized spacial score (nSPS) is 11.8. The zero-order valence-electron chi connectivity index (χ0n) is 14.0. The van der Waals surface area contributed by atoms with Gasteiger partial charge in [0.25, 0.3) is 0 Å². The van der Waals surface area contributed by atoms with E-state index in [1.807, 2.05) is 37.4 Å². The highest BCUT2D eigenvalue weighted by Gasteiger charge is 2.33. The molecule has 0 aliphatic heterocycles. The Morgan fingerprint density at radius 1 is 1.21 bits per heavy atom. The average Bonchev–Trinajstić information content (AvgIpc) is 3.14. The molecule has 0 bridgehead atoms. The Balaban J connectivity index is 2.42. The zero-order valence-corrected chi connectivity index (χ0v) is 14.8. The molecule has 1 aromatic heterocycles. The number of hydrogen-bond donors (Lipinski definition) is 0. The second-order valence-electron chi connectivity index (χ2n) is 5.00. The first-order valence-electron chi connectivity index (χ1n) is 7.77. The van der Waals surface area contributed by atoms with E-state index in [-0.39, 0.29) is 18.2 Å². The summed E-state index contributed by atoms with van der Waals surface area (Å²) in [6.45, 7) is 4.15. The lowest BCUT2D eigenvalue weighted by Crippen LogP contribution is -2.39. The lowest BCUT2D eigenvalue weighted by Gasteiger charge is -2.28. The van der Waals surface area contributed by atoms with E-state index < -0.39 is 12.1 Å². The number of benzene rings is 1. The fourth-order valence-electron chi connectivity index (χ4n) is 2.44. The summed E-state index contributed by atoms with van der Waals surface area (Å²) < 4.78 is 10.4. The summed E-state index contributed by atoms with van der Waals surface area (Å²) in [7, 11) is 0. The minimum absolute atomic E-state index is 0.219. The largest absolute Gasteiger partial charge is 0.461 e. The van der Waals surface area contributed by atoms with Gasteiger partial charge in [-0.3, -0.25) is 9.69 Å². The molecule has 1 aromatic carbocycles. The second kappa shape index (κ2) is 8.59. The van der Waals surface area contributed by atoms with E-state index in [1.54, 1.807) is 30.8 Å². The van der Waals surface area contributed by atoms with Crippen molar-refractivity contribution in [3.05, 3.63) is 54.0 Å². The Morgan fingerprint density at radius 3 is 2.42 bits per heavy atom. The van der Waals surface area contributed by atoms with Crippen molar-refractivity contribution in [1.82, 2.24) is 4.90 Å². The van der Waals surface area contributed by atoms with Crippen molar-refractivity contribution in [2.24, 2.45) is 0 Å². The highest BCUT2D eigenvalue weighted by Crippen LogP contribution is 2.28. The van der Waals surface area contributed by atoms with Gasteiger partial charge in [0, 0.05) is 11.4 Å². The molecule has 0 N–H and O–H groups in total. The highest BCUT2D eigenvalue weighted by atomic mass is 32.2. The molecule has 0 saturated heterocycles. The summed E-state index contributed by atoms with van der Waals surface area (Å²) in [5, 5.41) is 0. The van der Waals surface area contributed by atoms with Crippen LogP contribution in [0.25, 0.3) is 0 Å². The summed E-state index contributed by atoms with van der Waals surface area (Å²) in [4.78, 5) is 27.7. The van der Waals surface area contributed by atoms with Crippen molar-refractivity contribution in [2.45, 2.75) is 24.8 Å². The van der Waals surface area contributed by atoms with E-state index in [4.69, 9.17) is 9.15 Å². The first kappa shape index (κ1) is 18.1. The molecule has 0 spiro atoms. The fraction of sp³-hybridized carbons (Fsp3) is 0.333. The highest BCUT2D eigenvalue weighted by molar-refractivity contribution is 7.98. The van der Waals surface area contributed by atoms with Crippen LogP contribution < -0.4 is 0 Å². The van der Waals surface area contributed by atoms with E-state index in [0.717, 1.165) is 10.5 Å². The van der Waals surface area contributed by atoms with Gasteiger partial charge in [-0.2, -0.15) is 0 Å². The number of nitrogens with zero attached hydrogens (tertiary/aromatic N) is 1. The molecule has 128 valence electrons. The molecule has 6 heteroatoms. The van der Waals surface area contributed by atoms with Crippen LogP contribution in [-0.4, -0.2) is 36.2 Å². The molecule has 2 rings (SSSR count). The van der Waals surface area contributed by atoms with Crippen molar-refractivity contribution in [3.8, 4) is 0 Å². The molecule has 1 heterocycles. The molecule has 1 atom stereocenters. The quantitative estimate of drug-likeness (QED) is 0.549. The van der Waals surface area contributed by atoms with Gasteiger partial charge in [0.05, 0.1) is 12.9 Å². The Bertz CT molecular complexity index is 667. The van der Waals surface area contributed by atoms with Crippen LogP contribution in [0.2, 0.25) is 0 Å². The summed E-state index contributed by atoms with van der Waals surface area (Å²) in [5.74, 6) is -0.0523. The Labute approximate surface area is 146 Å².